The molecule has 1 aromatic carbocycles. The van der Waals surface area contributed by atoms with Crippen LogP contribution >= 0.6 is 0 Å². The maximum absolute atomic E-state index is 13.0. The molecule has 1 saturated carbocycles. The van der Waals surface area contributed by atoms with Gasteiger partial charge in [-0.15, -0.1) is 0 Å². The molecule has 0 unspecified atom stereocenters. The lowest BCUT2D eigenvalue weighted by Crippen LogP contribution is -2.50. The van der Waals surface area contributed by atoms with Gasteiger partial charge in [0.15, 0.2) is 0 Å². The smallest absolute Gasteiger partial charge is 0.256 e. The summed E-state index contributed by atoms with van der Waals surface area (Å²) >= 11 is 0. The van der Waals surface area contributed by atoms with E-state index in [0.29, 0.717) is 25.0 Å². The summed E-state index contributed by atoms with van der Waals surface area (Å²) in [6.07, 6.45) is 3.56. The van der Waals surface area contributed by atoms with Gasteiger partial charge in [0.25, 0.3) is 5.91 Å². The Hall–Kier alpha value is -1.39. The molecule has 1 aromatic rings. The number of carbonyl (C=O) groups excluding carboxylic acids is 1. The highest BCUT2D eigenvalue weighted by Gasteiger charge is 2.53. The van der Waals surface area contributed by atoms with Crippen molar-refractivity contribution in [2.75, 3.05) is 6.61 Å². The normalized spacial score (nSPS) is 32.0. The van der Waals surface area contributed by atoms with Crippen LogP contribution in [-0.4, -0.2) is 40.4 Å². The maximum atomic E-state index is 13.0. The van der Waals surface area contributed by atoms with Crippen LogP contribution in [-0.2, 0) is 4.74 Å². The van der Waals surface area contributed by atoms with Crippen molar-refractivity contribution in [2.45, 2.75) is 56.9 Å². The number of aliphatic hydroxyl groups is 1. The van der Waals surface area contributed by atoms with E-state index in [1.807, 2.05) is 35.2 Å². The van der Waals surface area contributed by atoms with E-state index in [9.17, 15) is 9.90 Å². The number of hydrogen-bond donors (Lipinski definition) is 1. The summed E-state index contributed by atoms with van der Waals surface area (Å²) in [6.45, 7) is 2.71. The Morgan fingerprint density at radius 2 is 2.19 bits per heavy atom. The second-order valence-corrected chi connectivity index (χ2v) is 6.14. The Labute approximate surface area is 125 Å². The third-order valence-corrected chi connectivity index (χ3v) is 4.63. The van der Waals surface area contributed by atoms with Gasteiger partial charge >= 0.3 is 0 Å². The number of nitrogens with zero attached hydrogens (tertiary/aromatic N) is 1. The summed E-state index contributed by atoms with van der Waals surface area (Å²) in [5.74, 6) is 0.0284. The van der Waals surface area contributed by atoms with Crippen molar-refractivity contribution < 1.29 is 14.6 Å². The minimum atomic E-state index is -0.591. The highest BCUT2D eigenvalue weighted by Crippen LogP contribution is 2.43. The lowest BCUT2D eigenvalue weighted by Gasteiger charge is -2.36. The zero-order chi connectivity index (χ0) is 14.9. The summed E-state index contributed by atoms with van der Waals surface area (Å²) in [6, 6.07) is 9.50. The lowest BCUT2D eigenvalue weighted by molar-refractivity contribution is -0.0710. The molecule has 0 aromatic heterocycles. The first-order chi connectivity index (χ1) is 10.2. The molecule has 3 rings (SSSR count). The van der Waals surface area contributed by atoms with Crippen LogP contribution in [0.2, 0.25) is 0 Å². The second-order valence-electron chi connectivity index (χ2n) is 6.14. The lowest BCUT2D eigenvalue weighted by atomic mass is 10.0. The zero-order valence-corrected chi connectivity index (χ0v) is 12.5. The monoisotopic (exact) mass is 289 g/mol. The van der Waals surface area contributed by atoms with E-state index < -0.39 is 5.72 Å². The van der Waals surface area contributed by atoms with Crippen LogP contribution in [0, 0.1) is 0 Å². The van der Waals surface area contributed by atoms with Crippen LogP contribution in [0.3, 0.4) is 0 Å². The van der Waals surface area contributed by atoms with Crippen LogP contribution in [0.1, 0.15) is 49.4 Å². The van der Waals surface area contributed by atoms with Crippen LogP contribution in [0.15, 0.2) is 30.3 Å². The number of hydrogen-bond acceptors (Lipinski definition) is 3. The van der Waals surface area contributed by atoms with Gasteiger partial charge in [0, 0.05) is 12.0 Å². The van der Waals surface area contributed by atoms with Gasteiger partial charge in [-0.1, -0.05) is 31.5 Å². The van der Waals surface area contributed by atoms with Crippen LogP contribution in [0.25, 0.3) is 0 Å². The highest BCUT2D eigenvalue weighted by molar-refractivity contribution is 5.95. The van der Waals surface area contributed by atoms with Crippen molar-refractivity contribution in [2.24, 2.45) is 0 Å². The van der Waals surface area contributed by atoms with Gasteiger partial charge in [0.2, 0.25) is 0 Å². The second kappa shape index (κ2) is 5.78. The molecule has 0 bridgehead atoms. The third kappa shape index (κ3) is 2.58. The predicted octanol–water partition coefficient (Wildman–Crippen LogP) is 2.57. The molecule has 21 heavy (non-hydrogen) atoms. The minimum Gasteiger partial charge on any atom is -0.393 e. The van der Waals surface area contributed by atoms with Gasteiger partial charge in [-0.2, -0.15) is 0 Å². The molecule has 0 radical (unpaired) electrons. The molecule has 4 nitrogen and oxygen atoms in total. The van der Waals surface area contributed by atoms with Crippen molar-refractivity contribution in [3.05, 3.63) is 35.9 Å². The number of carbonyl (C=O) groups is 1. The first kappa shape index (κ1) is 14.5. The number of rotatable bonds is 3. The van der Waals surface area contributed by atoms with Gasteiger partial charge in [-0.3, -0.25) is 4.79 Å². The van der Waals surface area contributed by atoms with Gasteiger partial charge in [-0.25, -0.2) is 0 Å². The molecule has 1 spiro atoms. The number of aliphatic hydroxyl groups excluding tert-OH is 1. The van der Waals surface area contributed by atoms with Gasteiger partial charge in [-0.05, 0) is 31.4 Å². The number of amides is 1. The Balaban J connectivity index is 1.91. The Morgan fingerprint density at radius 1 is 1.43 bits per heavy atom. The fourth-order valence-electron chi connectivity index (χ4n) is 3.66. The Morgan fingerprint density at radius 3 is 2.81 bits per heavy atom. The van der Waals surface area contributed by atoms with E-state index in [1.165, 1.54) is 0 Å². The van der Waals surface area contributed by atoms with Crippen molar-refractivity contribution in [3.8, 4) is 0 Å². The van der Waals surface area contributed by atoms with Crippen molar-refractivity contribution in [3.63, 3.8) is 0 Å². The van der Waals surface area contributed by atoms with E-state index >= 15 is 0 Å². The zero-order valence-electron chi connectivity index (χ0n) is 12.5. The molecule has 1 N–H and O–H groups in total. The minimum absolute atomic E-state index is 0.0284. The average molecular weight is 289 g/mol. The van der Waals surface area contributed by atoms with E-state index in [0.717, 1.165) is 19.3 Å². The van der Waals surface area contributed by atoms with Gasteiger partial charge in [0.1, 0.15) is 5.72 Å². The topological polar surface area (TPSA) is 49.8 Å². The first-order valence-corrected chi connectivity index (χ1v) is 7.87. The van der Waals surface area contributed by atoms with E-state index in [2.05, 4.69) is 6.92 Å². The molecule has 1 amide bonds. The molecule has 2 aliphatic rings. The molecule has 4 heteroatoms. The Bertz CT molecular complexity index is 504. The summed E-state index contributed by atoms with van der Waals surface area (Å²) in [5.41, 5.74) is 0.108. The largest absolute Gasteiger partial charge is 0.393 e. The predicted molar refractivity (Wildman–Crippen MR) is 79.8 cm³/mol. The molecule has 114 valence electrons. The first-order valence-electron chi connectivity index (χ1n) is 7.87. The summed E-state index contributed by atoms with van der Waals surface area (Å²) < 4.78 is 6.04. The molecule has 3 atom stereocenters. The summed E-state index contributed by atoms with van der Waals surface area (Å²) in [4.78, 5) is 14.9. The van der Waals surface area contributed by atoms with Crippen LogP contribution in [0.5, 0.6) is 0 Å². The van der Waals surface area contributed by atoms with Gasteiger partial charge < -0.3 is 14.7 Å². The molecular formula is C17H23NO3. The summed E-state index contributed by atoms with van der Waals surface area (Å²) in [5, 5.41) is 9.92. The Kier molecular flexibility index (Phi) is 4.00. The van der Waals surface area contributed by atoms with E-state index in [-0.39, 0.29) is 18.1 Å². The molecule has 1 aliphatic heterocycles. The third-order valence-electron chi connectivity index (χ3n) is 4.63. The fraction of sp³-hybridized carbons (Fsp3) is 0.588. The molecule has 1 heterocycles. The van der Waals surface area contributed by atoms with E-state index in [1.54, 1.807) is 0 Å². The SMILES string of the molecule is CCC[C@@H]1CO[C@@]2(CC[C@H](O)C2)N1C(=O)c1ccccc1. The van der Waals surface area contributed by atoms with E-state index in [4.69, 9.17) is 4.74 Å². The molecule has 2 fully saturated rings. The molecule has 1 aliphatic carbocycles. The average Bonchev–Trinajstić information content (AvgIpc) is 3.04. The number of benzene rings is 1. The summed E-state index contributed by atoms with van der Waals surface area (Å²) in [7, 11) is 0. The van der Waals surface area contributed by atoms with Crippen molar-refractivity contribution in [1.29, 1.82) is 0 Å². The number of ether oxygens (including phenoxy) is 1. The molecule has 1 saturated heterocycles. The van der Waals surface area contributed by atoms with Crippen LogP contribution in [0.4, 0.5) is 0 Å². The standard InChI is InChI=1S/C17H23NO3/c1-2-6-14-12-21-17(10-9-15(19)11-17)18(14)16(20)13-7-4-3-5-8-13/h3-5,7-8,14-15,19H,2,6,9-12H2,1H3/t14-,15+,17-/m1/s1. The quantitative estimate of drug-likeness (QED) is 0.930. The van der Waals surface area contributed by atoms with Crippen molar-refractivity contribution >= 4 is 5.91 Å². The highest BCUT2D eigenvalue weighted by atomic mass is 16.5. The molecular weight excluding hydrogens is 266 g/mol. The maximum Gasteiger partial charge on any atom is 0.256 e. The van der Waals surface area contributed by atoms with Gasteiger partial charge in [0.05, 0.1) is 18.8 Å². The fourth-order valence-corrected chi connectivity index (χ4v) is 3.66. The van der Waals surface area contributed by atoms with Crippen molar-refractivity contribution in [1.82, 2.24) is 4.90 Å². The van der Waals surface area contributed by atoms with Crippen LogP contribution < -0.4 is 0 Å².